The van der Waals surface area contributed by atoms with Crippen LogP contribution < -0.4 is 5.32 Å². The minimum absolute atomic E-state index is 0.149. The summed E-state index contributed by atoms with van der Waals surface area (Å²) in [4.78, 5) is 36.6. The Morgan fingerprint density at radius 2 is 2.05 bits per heavy atom. The van der Waals surface area contributed by atoms with E-state index in [-0.39, 0.29) is 13.2 Å². The van der Waals surface area contributed by atoms with Crippen LogP contribution >= 0.6 is 0 Å². The van der Waals surface area contributed by atoms with Crippen molar-refractivity contribution in [3.05, 3.63) is 35.9 Å². The summed E-state index contributed by atoms with van der Waals surface area (Å²) in [6.45, 7) is 2.48. The summed E-state index contributed by atoms with van der Waals surface area (Å²) in [7, 11) is 0. The van der Waals surface area contributed by atoms with Gasteiger partial charge in [-0.3, -0.25) is 9.59 Å². The maximum atomic E-state index is 11.8. The molecule has 6 heteroatoms. The van der Waals surface area contributed by atoms with Gasteiger partial charge in [0.1, 0.15) is 6.04 Å². The third kappa shape index (κ3) is 3.81. The van der Waals surface area contributed by atoms with Gasteiger partial charge in [-0.15, -0.1) is 0 Å². The molecule has 1 aromatic rings. The normalized spacial score (nSPS) is 18.3. The molecule has 21 heavy (non-hydrogen) atoms. The molecule has 1 atom stereocenters. The number of ether oxygens (including phenoxy) is 1. The molecule has 1 N–H and O–H groups in total. The number of carbonyl (C=O) groups excluding carboxylic acids is 3. The monoisotopic (exact) mass is 290 g/mol. The Morgan fingerprint density at radius 1 is 1.33 bits per heavy atom. The van der Waals surface area contributed by atoms with Crippen LogP contribution in [0.25, 0.3) is 0 Å². The first-order valence-corrected chi connectivity index (χ1v) is 6.92. The molecule has 1 saturated heterocycles. The van der Waals surface area contributed by atoms with Crippen molar-refractivity contribution < 1.29 is 19.1 Å². The first-order chi connectivity index (χ1) is 10.1. The standard InChI is InChI=1S/C15H18N2O4/c1-2-21-15(20)12-10-17(14(19)13(18)16-12)9-8-11-6-4-3-5-7-11/h3-7,12H,2,8-10H2,1H3,(H,16,18)/t12-/m0/s1. The molecule has 0 radical (unpaired) electrons. The zero-order chi connectivity index (χ0) is 15.2. The quantitative estimate of drug-likeness (QED) is 0.617. The Kier molecular flexibility index (Phi) is 4.92. The van der Waals surface area contributed by atoms with Crippen molar-refractivity contribution in [2.45, 2.75) is 19.4 Å². The molecule has 0 aliphatic carbocycles. The van der Waals surface area contributed by atoms with Gasteiger partial charge >= 0.3 is 17.8 Å². The van der Waals surface area contributed by atoms with E-state index in [1.54, 1.807) is 6.92 Å². The van der Waals surface area contributed by atoms with Gasteiger partial charge in [-0.25, -0.2) is 4.79 Å². The molecule has 1 heterocycles. The molecule has 6 nitrogen and oxygen atoms in total. The van der Waals surface area contributed by atoms with E-state index in [0.29, 0.717) is 13.0 Å². The summed E-state index contributed by atoms with van der Waals surface area (Å²) in [5.41, 5.74) is 1.07. The largest absolute Gasteiger partial charge is 0.464 e. The predicted octanol–water partition coefficient (Wildman–Crippen LogP) is 0.119. The van der Waals surface area contributed by atoms with Crippen molar-refractivity contribution in [2.24, 2.45) is 0 Å². The molecule has 0 aromatic heterocycles. The smallest absolute Gasteiger partial charge is 0.330 e. The van der Waals surface area contributed by atoms with Gasteiger partial charge in [-0.1, -0.05) is 30.3 Å². The topological polar surface area (TPSA) is 75.7 Å². The Balaban J connectivity index is 1.98. The van der Waals surface area contributed by atoms with Gasteiger partial charge in [0.15, 0.2) is 0 Å². The first kappa shape index (κ1) is 15.0. The zero-order valence-electron chi connectivity index (χ0n) is 11.9. The zero-order valence-corrected chi connectivity index (χ0v) is 11.9. The van der Waals surface area contributed by atoms with Crippen LogP contribution in [0.4, 0.5) is 0 Å². The van der Waals surface area contributed by atoms with E-state index >= 15 is 0 Å². The number of carbonyl (C=O) groups is 3. The van der Waals surface area contributed by atoms with Gasteiger partial charge in [0, 0.05) is 6.54 Å². The molecule has 0 saturated carbocycles. The number of amides is 2. The third-order valence-electron chi connectivity index (χ3n) is 3.27. The molecule has 0 spiro atoms. The summed E-state index contributed by atoms with van der Waals surface area (Å²) in [6, 6.07) is 8.88. The van der Waals surface area contributed by atoms with Gasteiger partial charge in [0.25, 0.3) is 0 Å². The number of piperazine rings is 1. The van der Waals surface area contributed by atoms with Crippen LogP contribution in [0.15, 0.2) is 30.3 Å². The van der Waals surface area contributed by atoms with Gasteiger partial charge in [0.05, 0.1) is 13.2 Å². The highest BCUT2D eigenvalue weighted by Crippen LogP contribution is 2.07. The number of esters is 1. The van der Waals surface area contributed by atoms with Crippen molar-refractivity contribution >= 4 is 17.8 Å². The fourth-order valence-corrected chi connectivity index (χ4v) is 2.19. The molecule has 0 unspecified atom stereocenters. The second-order valence-electron chi connectivity index (χ2n) is 4.76. The van der Waals surface area contributed by atoms with Crippen LogP contribution in [-0.4, -0.2) is 48.4 Å². The molecule has 112 valence electrons. The second kappa shape index (κ2) is 6.88. The van der Waals surface area contributed by atoms with Crippen molar-refractivity contribution in [3.8, 4) is 0 Å². The van der Waals surface area contributed by atoms with Crippen LogP contribution in [-0.2, 0) is 25.5 Å². The Bertz CT molecular complexity index is 530. The van der Waals surface area contributed by atoms with Gasteiger partial charge < -0.3 is 15.0 Å². The number of rotatable bonds is 5. The molecule has 1 aromatic carbocycles. The third-order valence-corrected chi connectivity index (χ3v) is 3.27. The number of hydrogen-bond acceptors (Lipinski definition) is 4. The van der Waals surface area contributed by atoms with E-state index in [4.69, 9.17) is 4.74 Å². The number of nitrogens with zero attached hydrogens (tertiary/aromatic N) is 1. The van der Waals surface area contributed by atoms with E-state index in [1.165, 1.54) is 4.90 Å². The lowest BCUT2D eigenvalue weighted by molar-refractivity contribution is -0.156. The van der Waals surface area contributed by atoms with Crippen LogP contribution in [0, 0.1) is 0 Å². The molecule has 2 rings (SSSR count). The molecular weight excluding hydrogens is 272 g/mol. The van der Waals surface area contributed by atoms with Crippen LogP contribution in [0.5, 0.6) is 0 Å². The SMILES string of the molecule is CCOC(=O)[C@@H]1CN(CCc2ccccc2)C(=O)C(=O)N1. The van der Waals surface area contributed by atoms with Crippen molar-refractivity contribution in [1.82, 2.24) is 10.2 Å². The maximum absolute atomic E-state index is 11.8. The maximum Gasteiger partial charge on any atom is 0.330 e. The summed E-state index contributed by atoms with van der Waals surface area (Å²) in [5.74, 6) is -1.87. The predicted molar refractivity (Wildman–Crippen MR) is 75.3 cm³/mol. The minimum Gasteiger partial charge on any atom is -0.464 e. The highest BCUT2D eigenvalue weighted by Gasteiger charge is 2.36. The van der Waals surface area contributed by atoms with Crippen molar-refractivity contribution in [3.63, 3.8) is 0 Å². The summed E-state index contributed by atoms with van der Waals surface area (Å²) in [6.07, 6.45) is 0.634. The fraction of sp³-hybridized carbons (Fsp3) is 0.400. The van der Waals surface area contributed by atoms with Crippen molar-refractivity contribution in [2.75, 3.05) is 19.7 Å². The molecule has 1 aliphatic heterocycles. The lowest BCUT2D eigenvalue weighted by Crippen LogP contribution is -2.60. The number of nitrogens with one attached hydrogen (secondary N) is 1. The minimum atomic E-state index is -0.786. The van der Waals surface area contributed by atoms with Crippen LogP contribution in [0.3, 0.4) is 0 Å². The van der Waals surface area contributed by atoms with E-state index in [0.717, 1.165) is 5.56 Å². The van der Waals surface area contributed by atoms with E-state index in [1.807, 2.05) is 30.3 Å². The van der Waals surface area contributed by atoms with Gasteiger partial charge in [0.2, 0.25) is 0 Å². The number of hydrogen-bond donors (Lipinski definition) is 1. The van der Waals surface area contributed by atoms with Crippen LogP contribution in [0.1, 0.15) is 12.5 Å². The van der Waals surface area contributed by atoms with Gasteiger partial charge in [-0.05, 0) is 18.9 Å². The van der Waals surface area contributed by atoms with Gasteiger partial charge in [-0.2, -0.15) is 0 Å². The Morgan fingerprint density at radius 3 is 2.71 bits per heavy atom. The molecule has 2 amide bonds. The summed E-state index contributed by atoms with van der Waals surface area (Å²) in [5, 5.41) is 2.37. The molecule has 1 aliphatic rings. The average molecular weight is 290 g/mol. The van der Waals surface area contributed by atoms with E-state index < -0.39 is 23.8 Å². The van der Waals surface area contributed by atoms with Crippen LogP contribution in [0.2, 0.25) is 0 Å². The van der Waals surface area contributed by atoms with E-state index in [9.17, 15) is 14.4 Å². The lowest BCUT2D eigenvalue weighted by atomic mass is 10.1. The first-order valence-electron chi connectivity index (χ1n) is 6.92. The second-order valence-corrected chi connectivity index (χ2v) is 4.76. The number of benzene rings is 1. The Labute approximate surface area is 123 Å². The lowest BCUT2D eigenvalue weighted by Gasteiger charge is -2.31. The van der Waals surface area contributed by atoms with E-state index in [2.05, 4.69) is 5.32 Å². The molecule has 1 fully saturated rings. The molecular formula is C15H18N2O4. The fourth-order valence-electron chi connectivity index (χ4n) is 2.19. The molecule has 0 bridgehead atoms. The summed E-state index contributed by atoms with van der Waals surface area (Å²) < 4.78 is 4.88. The Hall–Kier alpha value is -2.37. The highest BCUT2D eigenvalue weighted by atomic mass is 16.5. The average Bonchev–Trinajstić information content (AvgIpc) is 2.50. The summed E-state index contributed by atoms with van der Waals surface area (Å²) >= 11 is 0. The highest BCUT2D eigenvalue weighted by molar-refractivity contribution is 6.36. The van der Waals surface area contributed by atoms with Crippen molar-refractivity contribution in [1.29, 1.82) is 0 Å².